The minimum absolute atomic E-state index is 0.369. The third-order valence-corrected chi connectivity index (χ3v) is 20.7. The van der Waals surface area contributed by atoms with Crippen LogP contribution in [0.25, 0.3) is 0 Å². The SMILES string of the molecule is CCOP(=O)(OCC)C(CC)O[Si](SCC)(SCC)SCC. The molecule has 0 heterocycles. The van der Waals surface area contributed by atoms with E-state index in [9.17, 15) is 4.57 Å². The van der Waals surface area contributed by atoms with Crippen LogP contribution >= 0.6 is 41.2 Å². The van der Waals surface area contributed by atoms with Crippen molar-refractivity contribution in [2.24, 2.45) is 0 Å². The molecule has 0 fully saturated rings. The lowest BCUT2D eigenvalue weighted by Crippen LogP contribution is -2.35. The predicted molar refractivity (Wildman–Crippen MR) is 106 cm³/mol. The normalized spacial score (nSPS) is 14.3. The molecule has 0 aromatic heterocycles. The molecule has 0 aromatic rings. The van der Waals surface area contributed by atoms with Crippen molar-refractivity contribution in [3.05, 3.63) is 0 Å². The van der Waals surface area contributed by atoms with Crippen molar-refractivity contribution in [1.82, 2.24) is 0 Å². The summed E-state index contributed by atoms with van der Waals surface area (Å²) < 4.78 is 30.6. The third-order valence-electron chi connectivity index (χ3n) is 2.56. The summed E-state index contributed by atoms with van der Waals surface area (Å²) in [5.41, 5.74) is 0. The standard InChI is InChI=1S/C13H31O4PS3Si/c1-7-13(18(14,15-8-2)16-9-3)17-22(19-10-4,20-11-5)21-12-6/h13H,7-12H2,1-6H3. The van der Waals surface area contributed by atoms with Gasteiger partial charge in [0.1, 0.15) is 5.85 Å². The van der Waals surface area contributed by atoms with Crippen LogP contribution in [-0.2, 0) is 18.0 Å². The van der Waals surface area contributed by atoms with E-state index in [1.807, 2.05) is 54.4 Å². The van der Waals surface area contributed by atoms with Gasteiger partial charge in [-0.3, -0.25) is 4.57 Å². The summed E-state index contributed by atoms with van der Waals surface area (Å²) >= 11 is 5.64. The van der Waals surface area contributed by atoms with Crippen LogP contribution in [0.4, 0.5) is 0 Å². The van der Waals surface area contributed by atoms with E-state index in [-0.39, 0.29) is 0 Å². The van der Waals surface area contributed by atoms with Crippen molar-refractivity contribution in [2.75, 3.05) is 30.5 Å². The van der Waals surface area contributed by atoms with Gasteiger partial charge in [0.05, 0.1) is 13.2 Å². The Bertz CT molecular complexity index is 309. The van der Waals surface area contributed by atoms with E-state index in [1.54, 1.807) is 0 Å². The summed E-state index contributed by atoms with van der Waals surface area (Å²) in [4.78, 5) is 0. The van der Waals surface area contributed by atoms with Crippen LogP contribution in [0, 0.1) is 0 Å². The molecule has 0 N–H and O–H groups in total. The highest BCUT2D eigenvalue weighted by Gasteiger charge is 2.45. The second-order valence-electron chi connectivity index (χ2n) is 4.16. The first-order valence-electron chi connectivity index (χ1n) is 7.95. The molecule has 0 aliphatic carbocycles. The number of rotatable bonds is 14. The van der Waals surface area contributed by atoms with Gasteiger partial charge in [-0.1, -0.05) is 27.7 Å². The third kappa shape index (κ3) is 7.51. The summed E-state index contributed by atoms with van der Waals surface area (Å²) in [6.45, 7) is 12.8. The molecule has 134 valence electrons. The Labute approximate surface area is 149 Å². The quantitative estimate of drug-likeness (QED) is 0.271. The maximum atomic E-state index is 13.1. The van der Waals surface area contributed by atoms with E-state index >= 15 is 0 Å². The summed E-state index contributed by atoms with van der Waals surface area (Å²) in [7, 11) is -3.22. The summed E-state index contributed by atoms with van der Waals surface area (Å²) in [6, 6.07) is 0. The summed E-state index contributed by atoms with van der Waals surface area (Å²) in [5.74, 6) is 0.383. The largest absolute Gasteiger partial charge is 0.385 e. The molecule has 0 aliphatic heterocycles. The van der Waals surface area contributed by atoms with E-state index in [1.165, 1.54) is 0 Å². The van der Waals surface area contributed by atoms with Gasteiger partial charge in [-0.05, 0) is 37.5 Å². The molecule has 1 atom stereocenters. The highest BCUT2D eigenvalue weighted by molar-refractivity contribution is 8.80. The van der Waals surface area contributed by atoms with E-state index in [2.05, 4.69) is 20.8 Å². The maximum Gasteiger partial charge on any atom is 0.385 e. The van der Waals surface area contributed by atoms with Crippen molar-refractivity contribution in [3.8, 4) is 0 Å². The Balaban J connectivity index is 5.35. The highest BCUT2D eigenvalue weighted by atomic mass is 32.8. The molecule has 4 nitrogen and oxygen atoms in total. The van der Waals surface area contributed by atoms with Gasteiger partial charge in [0, 0.05) is 0 Å². The Morgan fingerprint density at radius 2 is 1.27 bits per heavy atom. The second kappa shape index (κ2) is 12.7. The number of hydrogen-bond acceptors (Lipinski definition) is 7. The molecule has 9 heteroatoms. The van der Waals surface area contributed by atoms with Gasteiger partial charge in [0.15, 0.2) is 0 Å². The first-order chi connectivity index (χ1) is 10.5. The molecule has 22 heavy (non-hydrogen) atoms. The van der Waals surface area contributed by atoms with Crippen LogP contribution in [0.15, 0.2) is 0 Å². The highest BCUT2D eigenvalue weighted by Crippen LogP contribution is 2.58. The average molecular weight is 407 g/mol. The molecule has 0 rings (SSSR count). The number of hydrogen-bond donors (Lipinski definition) is 0. The first kappa shape index (κ1) is 23.4. The summed E-state index contributed by atoms with van der Waals surface area (Å²) in [5, 5.41) is 0. The first-order valence-corrected chi connectivity index (χ1v) is 16.6. The zero-order chi connectivity index (χ0) is 17.1. The Hall–Kier alpha value is 1.38. The van der Waals surface area contributed by atoms with Crippen LogP contribution in [0.5, 0.6) is 0 Å². The van der Waals surface area contributed by atoms with E-state index in [4.69, 9.17) is 13.5 Å². The zero-order valence-corrected chi connectivity index (χ0v) is 19.0. The molecule has 0 bridgehead atoms. The Kier molecular flexibility index (Phi) is 13.5. The lowest BCUT2D eigenvalue weighted by Gasteiger charge is -2.34. The fourth-order valence-corrected chi connectivity index (χ4v) is 21.3. The topological polar surface area (TPSA) is 44.8 Å². The monoisotopic (exact) mass is 406 g/mol. The smallest absolute Gasteiger partial charge is 0.376 e. The molecular weight excluding hydrogens is 375 g/mol. The Morgan fingerprint density at radius 1 is 0.864 bits per heavy atom. The zero-order valence-electron chi connectivity index (χ0n) is 14.6. The van der Waals surface area contributed by atoms with Crippen LogP contribution in [-0.4, -0.2) is 42.1 Å². The fraction of sp³-hybridized carbons (Fsp3) is 1.00. The van der Waals surface area contributed by atoms with E-state index < -0.39 is 19.2 Å². The minimum atomic E-state index is -3.22. The average Bonchev–Trinajstić information content (AvgIpc) is 2.46. The molecular formula is C13H31O4PS3Si. The van der Waals surface area contributed by atoms with Gasteiger partial charge in [-0.2, -0.15) is 0 Å². The van der Waals surface area contributed by atoms with Crippen molar-refractivity contribution < 1.29 is 18.0 Å². The van der Waals surface area contributed by atoms with Crippen LogP contribution in [0.1, 0.15) is 48.0 Å². The Morgan fingerprint density at radius 3 is 1.55 bits per heavy atom. The van der Waals surface area contributed by atoms with Gasteiger partial charge in [0.2, 0.25) is 0 Å². The minimum Gasteiger partial charge on any atom is -0.376 e. The van der Waals surface area contributed by atoms with E-state index in [0.717, 1.165) is 17.3 Å². The van der Waals surface area contributed by atoms with Gasteiger partial charge in [-0.25, -0.2) is 0 Å². The fourth-order valence-electron chi connectivity index (χ4n) is 1.86. The lowest BCUT2D eigenvalue weighted by molar-refractivity contribution is 0.162. The lowest BCUT2D eigenvalue weighted by atomic mass is 10.5. The molecule has 0 spiro atoms. The predicted octanol–water partition coefficient (Wildman–Crippen LogP) is 5.70. The van der Waals surface area contributed by atoms with Gasteiger partial charge >= 0.3 is 13.4 Å². The molecule has 1 unspecified atom stereocenters. The van der Waals surface area contributed by atoms with Crippen molar-refractivity contribution in [2.45, 2.75) is 53.8 Å². The van der Waals surface area contributed by atoms with Gasteiger partial charge in [-0.15, -0.1) is 33.6 Å². The van der Waals surface area contributed by atoms with Crippen molar-refractivity contribution in [1.29, 1.82) is 0 Å². The van der Waals surface area contributed by atoms with Crippen molar-refractivity contribution >= 4 is 47.0 Å². The molecule has 0 aromatic carbocycles. The maximum absolute atomic E-state index is 13.1. The molecule has 0 radical (unpaired) electrons. The van der Waals surface area contributed by atoms with Crippen molar-refractivity contribution in [3.63, 3.8) is 0 Å². The molecule has 0 saturated heterocycles. The molecule has 0 aliphatic rings. The second-order valence-corrected chi connectivity index (χ2v) is 20.3. The van der Waals surface area contributed by atoms with Gasteiger partial charge < -0.3 is 13.5 Å². The summed E-state index contributed by atoms with van der Waals surface area (Å²) in [6.07, 6.45) is 0.630. The molecule has 0 saturated carbocycles. The van der Waals surface area contributed by atoms with Gasteiger partial charge in [0.25, 0.3) is 0 Å². The molecule has 0 amide bonds. The van der Waals surface area contributed by atoms with E-state index in [0.29, 0.717) is 19.6 Å². The van der Waals surface area contributed by atoms with Crippen LogP contribution in [0.2, 0.25) is 0 Å². The van der Waals surface area contributed by atoms with Crippen LogP contribution < -0.4 is 0 Å². The van der Waals surface area contributed by atoms with Crippen LogP contribution in [0.3, 0.4) is 0 Å².